The summed E-state index contributed by atoms with van der Waals surface area (Å²) in [6.45, 7) is 0. The molecule has 0 saturated heterocycles. The first-order valence-corrected chi connectivity index (χ1v) is 2.99. The number of pyridine rings is 1. The van der Waals surface area contributed by atoms with Crippen LogP contribution in [-0.2, 0) is 6.42 Å². The SMILES string of the molecule is [c]1nccc2c1CC=C2. The van der Waals surface area contributed by atoms with Gasteiger partial charge in [-0.15, -0.1) is 0 Å². The second-order valence-electron chi connectivity index (χ2n) is 2.10. The molecule has 1 aliphatic rings. The smallest absolute Gasteiger partial charge is 0.0930 e. The van der Waals surface area contributed by atoms with E-state index in [1.165, 1.54) is 11.1 Å². The van der Waals surface area contributed by atoms with Crippen molar-refractivity contribution < 1.29 is 0 Å². The summed E-state index contributed by atoms with van der Waals surface area (Å²) in [6, 6.07) is 2.01. The Bertz CT molecular complexity index is 250. The van der Waals surface area contributed by atoms with Gasteiger partial charge in [0.25, 0.3) is 0 Å². The van der Waals surface area contributed by atoms with E-state index in [1.807, 2.05) is 6.07 Å². The molecule has 0 aliphatic heterocycles. The zero-order valence-electron chi connectivity index (χ0n) is 4.96. The van der Waals surface area contributed by atoms with Crippen LogP contribution in [0.4, 0.5) is 0 Å². The first-order chi connectivity index (χ1) is 4.47. The van der Waals surface area contributed by atoms with Crippen molar-refractivity contribution in [2.24, 2.45) is 0 Å². The van der Waals surface area contributed by atoms with Crippen molar-refractivity contribution in [1.82, 2.24) is 4.98 Å². The fourth-order valence-corrected chi connectivity index (χ4v) is 1.02. The van der Waals surface area contributed by atoms with Crippen molar-refractivity contribution in [2.75, 3.05) is 0 Å². The third kappa shape index (κ3) is 0.653. The van der Waals surface area contributed by atoms with Gasteiger partial charge in [0.05, 0.1) is 6.20 Å². The van der Waals surface area contributed by atoms with E-state index in [0.717, 1.165) is 6.42 Å². The Morgan fingerprint density at radius 1 is 1.56 bits per heavy atom. The minimum atomic E-state index is 1.00. The van der Waals surface area contributed by atoms with Crippen LogP contribution in [0, 0.1) is 6.20 Å². The number of hydrogen-bond donors (Lipinski definition) is 0. The van der Waals surface area contributed by atoms with Gasteiger partial charge in [-0.05, 0) is 23.6 Å². The van der Waals surface area contributed by atoms with Gasteiger partial charge in [-0.2, -0.15) is 0 Å². The predicted molar refractivity (Wildman–Crippen MR) is 35.8 cm³/mol. The lowest BCUT2D eigenvalue weighted by atomic mass is 10.2. The van der Waals surface area contributed by atoms with Crippen LogP contribution in [0.3, 0.4) is 0 Å². The normalized spacial score (nSPS) is 13.8. The molecule has 0 atom stereocenters. The molecule has 0 unspecified atom stereocenters. The van der Waals surface area contributed by atoms with Gasteiger partial charge in [-0.25, -0.2) is 0 Å². The zero-order chi connectivity index (χ0) is 6.10. The second kappa shape index (κ2) is 1.69. The molecule has 1 heteroatoms. The molecule has 2 rings (SSSR count). The van der Waals surface area contributed by atoms with E-state index in [2.05, 4.69) is 23.3 Å². The molecule has 0 bridgehead atoms. The third-order valence-electron chi connectivity index (χ3n) is 1.50. The standard InChI is InChI=1S/C8H6N/c1-2-7-4-5-9-6-8(7)3-1/h1-2,4-5H,3H2. The minimum absolute atomic E-state index is 1.00. The Labute approximate surface area is 54.1 Å². The van der Waals surface area contributed by atoms with Gasteiger partial charge in [0, 0.05) is 6.20 Å². The first kappa shape index (κ1) is 4.74. The van der Waals surface area contributed by atoms with Crippen molar-refractivity contribution in [3.05, 3.63) is 35.7 Å². The van der Waals surface area contributed by atoms with Gasteiger partial charge in [0.1, 0.15) is 0 Å². The molecular weight excluding hydrogens is 110 g/mol. The quantitative estimate of drug-likeness (QED) is 0.500. The number of aromatic nitrogens is 1. The molecule has 1 aliphatic carbocycles. The molecular formula is C8H6N. The Hall–Kier alpha value is -1.11. The second-order valence-corrected chi connectivity index (χ2v) is 2.10. The summed E-state index contributed by atoms with van der Waals surface area (Å²) in [5, 5.41) is 0. The monoisotopic (exact) mass is 116 g/mol. The maximum Gasteiger partial charge on any atom is 0.0930 e. The molecule has 0 fully saturated rings. The lowest BCUT2D eigenvalue weighted by molar-refractivity contribution is 1.20. The molecule has 0 saturated carbocycles. The summed E-state index contributed by atoms with van der Waals surface area (Å²) in [7, 11) is 0. The minimum Gasteiger partial charge on any atom is -0.254 e. The van der Waals surface area contributed by atoms with E-state index in [0.29, 0.717) is 0 Å². The Morgan fingerprint density at radius 2 is 2.56 bits per heavy atom. The van der Waals surface area contributed by atoms with Crippen LogP contribution in [0.2, 0.25) is 0 Å². The lowest BCUT2D eigenvalue weighted by Gasteiger charge is -1.91. The van der Waals surface area contributed by atoms with E-state index in [9.17, 15) is 0 Å². The topological polar surface area (TPSA) is 12.9 Å². The maximum absolute atomic E-state index is 3.89. The van der Waals surface area contributed by atoms with Crippen molar-refractivity contribution >= 4 is 6.08 Å². The van der Waals surface area contributed by atoms with E-state index < -0.39 is 0 Å². The van der Waals surface area contributed by atoms with Crippen molar-refractivity contribution in [2.45, 2.75) is 6.42 Å². The zero-order valence-corrected chi connectivity index (χ0v) is 4.96. The van der Waals surface area contributed by atoms with Gasteiger partial charge in [-0.1, -0.05) is 12.2 Å². The van der Waals surface area contributed by atoms with Gasteiger partial charge in [-0.3, -0.25) is 4.98 Å². The Kier molecular flexibility index (Phi) is 0.890. The van der Waals surface area contributed by atoms with Crippen LogP contribution in [0.1, 0.15) is 11.1 Å². The number of fused-ring (bicyclic) bond motifs is 1. The number of rotatable bonds is 0. The van der Waals surface area contributed by atoms with Crippen molar-refractivity contribution in [3.8, 4) is 0 Å². The molecule has 0 spiro atoms. The highest BCUT2D eigenvalue weighted by molar-refractivity contribution is 5.58. The van der Waals surface area contributed by atoms with Crippen LogP contribution in [0.15, 0.2) is 18.3 Å². The Balaban J connectivity index is 2.63. The molecule has 0 N–H and O–H groups in total. The van der Waals surface area contributed by atoms with Crippen molar-refractivity contribution in [1.29, 1.82) is 0 Å². The molecule has 1 heterocycles. The highest BCUT2D eigenvalue weighted by Crippen LogP contribution is 2.15. The van der Waals surface area contributed by atoms with Crippen LogP contribution in [0.25, 0.3) is 6.08 Å². The van der Waals surface area contributed by atoms with Crippen LogP contribution in [-0.4, -0.2) is 4.98 Å². The average molecular weight is 116 g/mol. The van der Waals surface area contributed by atoms with E-state index in [-0.39, 0.29) is 0 Å². The first-order valence-electron chi connectivity index (χ1n) is 2.99. The molecule has 0 aromatic carbocycles. The number of allylic oxidation sites excluding steroid dienone is 1. The summed E-state index contributed by atoms with van der Waals surface area (Å²) < 4.78 is 0. The molecule has 1 radical (unpaired) electrons. The highest BCUT2D eigenvalue weighted by atomic mass is 14.6. The summed E-state index contributed by atoms with van der Waals surface area (Å²) in [4.78, 5) is 3.89. The highest BCUT2D eigenvalue weighted by Gasteiger charge is 2.01. The summed E-state index contributed by atoms with van der Waals surface area (Å²) >= 11 is 0. The van der Waals surface area contributed by atoms with Gasteiger partial charge < -0.3 is 0 Å². The molecule has 1 aromatic heterocycles. The summed E-state index contributed by atoms with van der Waals surface area (Å²) in [5.74, 6) is 0. The van der Waals surface area contributed by atoms with Crippen LogP contribution >= 0.6 is 0 Å². The molecule has 0 amide bonds. The maximum atomic E-state index is 3.89. The lowest BCUT2D eigenvalue weighted by Crippen LogP contribution is -1.81. The molecule has 1 aromatic rings. The third-order valence-corrected chi connectivity index (χ3v) is 1.50. The van der Waals surface area contributed by atoms with Crippen LogP contribution < -0.4 is 0 Å². The predicted octanol–water partition coefficient (Wildman–Crippen LogP) is 1.45. The Morgan fingerprint density at radius 3 is 3.44 bits per heavy atom. The van der Waals surface area contributed by atoms with E-state index in [4.69, 9.17) is 0 Å². The fraction of sp³-hybridized carbons (Fsp3) is 0.125. The molecule has 1 nitrogen and oxygen atoms in total. The van der Waals surface area contributed by atoms with E-state index in [1.54, 1.807) is 6.20 Å². The molecule has 43 valence electrons. The number of nitrogens with zero attached hydrogens (tertiary/aromatic N) is 1. The molecule has 9 heavy (non-hydrogen) atoms. The van der Waals surface area contributed by atoms with Gasteiger partial charge >= 0.3 is 0 Å². The van der Waals surface area contributed by atoms with Gasteiger partial charge in [0.2, 0.25) is 0 Å². The van der Waals surface area contributed by atoms with Gasteiger partial charge in [0.15, 0.2) is 0 Å². The van der Waals surface area contributed by atoms with Crippen LogP contribution in [0.5, 0.6) is 0 Å². The average Bonchev–Trinajstić information content (AvgIpc) is 2.33. The number of hydrogen-bond acceptors (Lipinski definition) is 1. The van der Waals surface area contributed by atoms with E-state index >= 15 is 0 Å². The fourth-order valence-electron chi connectivity index (χ4n) is 1.02. The largest absolute Gasteiger partial charge is 0.254 e. The summed E-state index contributed by atoms with van der Waals surface area (Å²) in [6.07, 6.45) is 9.94. The van der Waals surface area contributed by atoms with Crippen molar-refractivity contribution in [3.63, 3.8) is 0 Å². The summed E-state index contributed by atoms with van der Waals surface area (Å²) in [5.41, 5.74) is 2.49.